The third-order valence-corrected chi connectivity index (χ3v) is 5.25. The Morgan fingerprint density at radius 1 is 1.00 bits per heavy atom. The number of carbonyl (C=O) groups excluding carboxylic acids is 2. The van der Waals surface area contributed by atoms with Gasteiger partial charge in [0.05, 0.1) is 5.92 Å². The monoisotopic (exact) mass is 332 g/mol. The highest BCUT2D eigenvalue weighted by atomic mass is 19.4. The molecule has 0 spiro atoms. The largest absolute Gasteiger partial charge is 0.391 e. The van der Waals surface area contributed by atoms with Gasteiger partial charge in [-0.05, 0) is 44.9 Å². The minimum Gasteiger partial charge on any atom is -0.352 e. The molecule has 0 aromatic rings. The van der Waals surface area contributed by atoms with Crippen molar-refractivity contribution in [2.45, 2.75) is 69.6 Å². The molecule has 2 amide bonds. The van der Waals surface area contributed by atoms with E-state index in [9.17, 15) is 22.8 Å². The Labute approximate surface area is 133 Å². The smallest absolute Gasteiger partial charge is 0.352 e. The number of carbonyl (C=O) groups is 2. The Balaban J connectivity index is 1.62. The first kappa shape index (κ1) is 16.6. The van der Waals surface area contributed by atoms with Gasteiger partial charge in [-0.1, -0.05) is 6.42 Å². The zero-order chi connectivity index (χ0) is 16.6. The van der Waals surface area contributed by atoms with E-state index in [0.717, 1.165) is 19.3 Å². The molecule has 3 rings (SSSR count). The highest BCUT2D eigenvalue weighted by Gasteiger charge is 2.46. The summed E-state index contributed by atoms with van der Waals surface area (Å²) in [6.45, 7) is 0.481. The Kier molecular flexibility index (Phi) is 4.56. The van der Waals surface area contributed by atoms with Gasteiger partial charge in [-0.15, -0.1) is 0 Å². The van der Waals surface area contributed by atoms with Crippen LogP contribution < -0.4 is 5.32 Å². The summed E-state index contributed by atoms with van der Waals surface area (Å²) in [7, 11) is 0. The number of hydrogen-bond acceptors (Lipinski definition) is 2. The Hall–Kier alpha value is -1.27. The van der Waals surface area contributed by atoms with Crippen LogP contribution in [0.2, 0.25) is 0 Å². The van der Waals surface area contributed by atoms with E-state index in [4.69, 9.17) is 0 Å². The molecule has 3 aliphatic rings. The molecule has 7 heteroatoms. The molecule has 1 N–H and O–H groups in total. The van der Waals surface area contributed by atoms with E-state index >= 15 is 0 Å². The van der Waals surface area contributed by atoms with E-state index in [-0.39, 0.29) is 30.7 Å². The van der Waals surface area contributed by atoms with Gasteiger partial charge < -0.3 is 10.2 Å². The number of rotatable bonds is 3. The average molecular weight is 332 g/mol. The molecule has 1 heterocycles. The number of nitrogens with zero attached hydrogens (tertiary/aromatic N) is 1. The van der Waals surface area contributed by atoms with Gasteiger partial charge in [0.15, 0.2) is 0 Å². The van der Waals surface area contributed by atoms with Gasteiger partial charge >= 0.3 is 6.18 Å². The van der Waals surface area contributed by atoms with Gasteiger partial charge in [0.25, 0.3) is 0 Å². The molecule has 130 valence electrons. The lowest BCUT2D eigenvalue weighted by Crippen LogP contribution is -2.49. The van der Waals surface area contributed by atoms with Crippen LogP contribution in [-0.2, 0) is 9.59 Å². The SMILES string of the molecule is O=C(NC1CC1)[C@@H]1CCCN1C(=O)[C@@H]1CCC[C@H](C(F)(F)F)C1. The van der Waals surface area contributed by atoms with Crippen LogP contribution in [0.4, 0.5) is 13.2 Å². The molecule has 4 nitrogen and oxygen atoms in total. The van der Waals surface area contributed by atoms with Crippen LogP contribution in [0, 0.1) is 11.8 Å². The quantitative estimate of drug-likeness (QED) is 0.864. The Morgan fingerprint density at radius 3 is 2.39 bits per heavy atom. The lowest BCUT2D eigenvalue weighted by molar-refractivity contribution is -0.187. The number of amides is 2. The second kappa shape index (κ2) is 6.32. The molecular weight excluding hydrogens is 309 g/mol. The minimum atomic E-state index is -4.23. The molecule has 3 fully saturated rings. The van der Waals surface area contributed by atoms with E-state index in [2.05, 4.69) is 5.32 Å². The van der Waals surface area contributed by atoms with Gasteiger partial charge in [-0.25, -0.2) is 0 Å². The average Bonchev–Trinajstić information content (AvgIpc) is 3.18. The second-order valence-electron chi connectivity index (χ2n) is 7.07. The van der Waals surface area contributed by atoms with Gasteiger partial charge in [-0.2, -0.15) is 13.2 Å². The number of halogens is 3. The summed E-state index contributed by atoms with van der Waals surface area (Å²) in [5, 5.41) is 2.90. The standard InChI is InChI=1S/C16H23F3N2O2/c17-16(18,19)11-4-1-3-10(9-11)15(23)21-8-2-5-13(21)14(22)20-12-6-7-12/h10-13H,1-9H2,(H,20,22)/t10-,11+,13+/m1/s1. The van der Waals surface area contributed by atoms with E-state index in [1.54, 1.807) is 0 Å². The van der Waals surface area contributed by atoms with E-state index in [0.29, 0.717) is 25.8 Å². The number of likely N-dealkylation sites (tertiary alicyclic amines) is 1. The van der Waals surface area contributed by atoms with Crippen LogP contribution in [-0.4, -0.2) is 41.5 Å². The highest BCUT2D eigenvalue weighted by Crippen LogP contribution is 2.41. The second-order valence-corrected chi connectivity index (χ2v) is 7.07. The molecule has 1 saturated heterocycles. The Bertz CT molecular complexity index is 476. The molecular formula is C16H23F3N2O2. The van der Waals surface area contributed by atoms with Crippen molar-refractivity contribution < 1.29 is 22.8 Å². The number of alkyl halides is 3. The molecule has 1 aliphatic heterocycles. The van der Waals surface area contributed by atoms with Crippen LogP contribution >= 0.6 is 0 Å². The number of hydrogen-bond donors (Lipinski definition) is 1. The molecule has 0 unspecified atom stereocenters. The fraction of sp³-hybridized carbons (Fsp3) is 0.875. The maximum atomic E-state index is 12.9. The van der Waals surface area contributed by atoms with Crippen molar-refractivity contribution in [3.8, 4) is 0 Å². The van der Waals surface area contributed by atoms with Crippen molar-refractivity contribution in [3.05, 3.63) is 0 Å². The molecule has 0 aromatic heterocycles. The van der Waals surface area contributed by atoms with E-state index < -0.39 is 24.1 Å². The maximum absolute atomic E-state index is 12.9. The third kappa shape index (κ3) is 3.80. The van der Waals surface area contributed by atoms with Crippen LogP contribution in [0.5, 0.6) is 0 Å². The maximum Gasteiger partial charge on any atom is 0.391 e. The first-order chi connectivity index (χ1) is 10.9. The van der Waals surface area contributed by atoms with Crippen LogP contribution in [0.3, 0.4) is 0 Å². The molecule has 23 heavy (non-hydrogen) atoms. The lowest BCUT2D eigenvalue weighted by Gasteiger charge is -2.33. The summed E-state index contributed by atoms with van der Waals surface area (Å²) in [6.07, 6.45) is -0.0260. The van der Waals surface area contributed by atoms with Crippen molar-refractivity contribution in [2.75, 3.05) is 6.54 Å². The van der Waals surface area contributed by atoms with Gasteiger partial charge in [0.1, 0.15) is 6.04 Å². The van der Waals surface area contributed by atoms with Crippen LogP contribution in [0.15, 0.2) is 0 Å². The summed E-state index contributed by atoms with van der Waals surface area (Å²) < 4.78 is 38.8. The highest BCUT2D eigenvalue weighted by molar-refractivity contribution is 5.89. The predicted octanol–water partition coefficient (Wildman–Crippen LogP) is 2.62. The van der Waals surface area contributed by atoms with E-state index in [1.165, 1.54) is 4.90 Å². The Morgan fingerprint density at radius 2 is 1.74 bits per heavy atom. The lowest BCUT2D eigenvalue weighted by atomic mass is 9.80. The summed E-state index contributed by atoms with van der Waals surface area (Å²) in [5.74, 6) is -2.37. The van der Waals surface area contributed by atoms with Gasteiger partial charge in [0.2, 0.25) is 11.8 Å². The number of nitrogens with one attached hydrogen (secondary N) is 1. The van der Waals surface area contributed by atoms with Crippen LogP contribution in [0.1, 0.15) is 51.4 Å². The summed E-state index contributed by atoms with van der Waals surface area (Å²) in [5.41, 5.74) is 0. The van der Waals surface area contributed by atoms with Gasteiger partial charge in [0, 0.05) is 18.5 Å². The topological polar surface area (TPSA) is 49.4 Å². The molecule has 3 atom stereocenters. The molecule has 2 saturated carbocycles. The zero-order valence-corrected chi connectivity index (χ0v) is 13.1. The van der Waals surface area contributed by atoms with E-state index in [1.807, 2.05) is 0 Å². The summed E-state index contributed by atoms with van der Waals surface area (Å²) in [4.78, 5) is 26.4. The fourth-order valence-electron chi connectivity index (χ4n) is 3.77. The normalized spacial score (nSPS) is 32.0. The minimum absolute atomic E-state index is 0.110. The fourth-order valence-corrected chi connectivity index (χ4v) is 3.77. The van der Waals surface area contributed by atoms with Crippen molar-refractivity contribution in [1.29, 1.82) is 0 Å². The third-order valence-electron chi connectivity index (χ3n) is 5.25. The molecule has 0 aromatic carbocycles. The van der Waals surface area contributed by atoms with Gasteiger partial charge in [-0.3, -0.25) is 9.59 Å². The molecule has 0 radical (unpaired) electrons. The summed E-state index contributed by atoms with van der Waals surface area (Å²) >= 11 is 0. The molecule has 2 aliphatic carbocycles. The van der Waals surface area contributed by atoms with Crippen molar-refractivity contribution in [2.24, 2.45) is 11.8 Å². The molecule has 0 bridgehead atoms. The van der Waals surface area contributed by atoms with Crippen LogP contribution in [0.25, 0.3) is 0 Å². The van der Waals surface area contributed by atoms with Crippen molar-refractivity contribution in [1.82, 2.24) is 10.2 Å². The predicted molar refractivity (Wildman–Crippen MR) is 77.4 cm³/mol. The zero-order valence-electron chi connectivity index (χ0n) is 13.1. The first-order valence-electron chi connectivity index (χ1n) is 8.54. The van der Waals surface area contributed by atoms with Crippen molar-refractivity contribution >= 4 is 11.8 Å². The van der Waals surface area contributed by atoms with Crippen molar-refractivity contribution in [3.63, 3.8) is 0 Å². The first-order valence-corrected chi connectivity index (χ1v) is 8.54. The summed E-state index contributed by atoms with van der Waals surface area (Å²) in [6, 6.07) is -0.265.